The molecule has 0 spiro atoms. The van der Waals surface area contributed by atoms with Gasteiger partial charge in [-0.2, -0.15) is 0 Å². The van der Waals surface area contributed by atoms with E-state index in [0.29, 0.717) is 22.8 Å². The number of nitrogens with zero attached hydrogens (tertiary/aromatic N) is 4. The number of hydrogen-bond donors (Lipinski definition) is 2. The number of H-pyrrole nitrogens is 1. The van der Waals surface area contributed by atoms with E-state index in [-0.39, 0.29) is 23.4 Å². The van der Waals surface area contributed by atoms with Crippen LogP contribution in [0.2, 0.25) is 0 Å². The van der Waals surface area contributed by atoms with Gasteiger partial charge in [-0.05, 0) is 32.3 Å². The molecule has 2 unspecified atom stereocenters. The monoisotopic (exact) mass is 404 g/mol. The molecule has 1 saturated carbocycles. The predicted octanol–water partition coefficient (Wildman–Crippen LogP) is 3.34. The second-order valence-corrected chi connectivity index (χ2v) is 8.01. The molecule has 1 fully saturated rings. The van der Waals surface area contributed by atoms with Crippen LogP contribution in [-0.4, -0.2) is 30.8 Å². The minimum atomic E-state index is -0.258. The minimum Gasteiger partial charge on any atom is -0.420 e. The molecule has 0 radical (unpaired) electrons. The fraction of sp³-hybridized carbons (Fsp3) is 0.364. The summed E-state index contributed by atoms with van der Waals surface area (Å²) in [4.78, 5) is 18.1. The van der Waals surface area contributed by atoms with Gasteiger partial charge in [-0.3, -0.25) is 9.89 Å². The number of fused-ring (bicyclic) bond motifs is 1. The van der Waals surface area contributed by atoms with Crippen LogP contribution in [0.15, 0.2) is 39.5 Å². The lowest BCUT2D eigenvalue weighted by Gasteiger charge is -2.25. The van der Waals surface area contributed by atoms with Crippen LogP contribution < -0.4 is 11.3 Å². The van der Waals surface area contributed by atoms with Crippen molar-refractivity contribution >= 4 is 5.65 Å². The van der Waals surface area contributed by atoms with Crippen LogP contribution >= 0.6 is 0 Å². The number of nitrogens with one attached hydrogen (secondary N) is 1. The van der Waals surface area contributed by atoms with Gasteiger partial charge >= 0.3 is 0 Å². The summed E-state index contributed by atoms with van der Waals surface area (Å²) in [7, 11) is 0. The molecule has 3 aromatic heterocycles. The highest BCUT2D eigenvalue weighted by Gasteiger charge is 2.29. The van der Waals surface area contributed by atoms with E-state index < -0.39 is 0 Å². The molecule has 0 saturated heterocycles. The number of nitrogens with two attached hydrogens (primary N) is 1. The molecule has 8 nitrogen and oxygen atoms in total. The molecule has 154 valence electrons. The molecular weight excluding hydrogens is 380 g/mol. The molecule has 0 bridgehead atoms. The van der Waals surface area contributed by atoms with Gasteiger partial charge < -0.3 is 10.2 Å². The maximum Gasteiger partial charge on any atom is 0.285 e. The Bertz CT molecular complexity index is 1270. The first-order valence-corrected chi connectivity index (χ1v) is 10.3. The number of hydrogen-bond acceptors (Lipinski definition) is 6. The first-order valence-electron chi connectivity index (χ1n) is 10.3. The summed E-state index contributed by atoms with van der Waals surface area (Å²) < 4.78 is 7.40. The Morgan fingerprint density at radius 2 is 1.87 bits per heavy atom. The zero-order valence-electron chi connectivity index (χ0n) is 17.1. The van der Waals surface area contributed by atoms with E-state index in [0.717, 1.165) is 42.5 Å². The summed E-state index contributed by atoms with van der Waals surface area (Å²) in [5.74, 6) is 0.742. The van der Waals surface area contributed by atoms with Crippen molar-refractivity contribution in [1.29, 1.82) is 0 Å². The second-order valence-electron chi connectivity index (χ2n) is 8.01. The zero-order valence-corrected chi connectivity index (χ0v) is 17.1. The van der Waals surface area contributed by atoms with E-state index in [1.807, 2.05) is 37.3 Å². The molecule has 0 aliphatic heterocycles. The first-order chi connectivity index (χ1) is 14.5. The molecular formula is C22H24N6O2. The van der Waals surface area contributed by atoms with Crippen LogP contribution in [0, 0.1) is 13.8 Å². The summed E-state index contributed by atoms with van der Waals surface area (Å²) in [5, 5.41) is 11.5. The quantitative estimate of drug-likeness (QED) is 0.541. The van der Waals surface area contributed by atoms with Crippen LogP contribution in [0.3, 0.4) is 0 Å². The number of rotatable bonds is 3. The average molecular weight is 404 g/mol. The van der Waals surface area contributed by atoms with Gasteiger partial charge in [-0.1, -0.05) is 43.2 Å². The van der Waals surface area contributed by atoms with Gasteiger partial charge in [0.1, 0.15) is 5.56 Å². The van der Waals surface area contributed by atoms with E-state index in [9.17, 15) is 4.79 Å². The third kappa shape index (κ3) is 2.95. The average Bonchev–Trinajstić information content (AvgIpc) is 3.34. The Morgan fingerprint density at radius 1 is 1.10 bits per heavy atom. The van der Waals surface area contributed by atoms with Crippen molar-refractivity contribution in [2.24, 2.45) is 5.73 Å². The molecule has 1 aromatic carbocycles. The number of benzene rings is 1. The third-order valence-corrected chi connectivity index (χ3v) is 6.00. The third-order valence-electron chi connectivity index (χ3n) is 6.00. The van der Waals surface area contributed by atoms with Crippen molar-refractivity contribution in [3.8, 4) is 22.6 Å². The van der Waals surface area contributed by atoms with E-state index in [1.54, 1.807) is 6.92 Å². The van der Waals surface area contributed by atoms with Crippen LogP contribution in [0.25, 0.3) is 28.2 Å². The lowest BCUT2D eigenvalue weighted by molar-refractivity contribution is 0.328. The number of aromatic nitrogens is 5. The lowest BCUT2D eigenvalue weighted by atomic mass is 9.85. The van der Waals surface area contributed by atoms with E-state index >= 15 is 0 Å². The van der Waals surface area contributed by atoms with Gasteiger partial charge in [0.25, 0.3) is 11.4 Å². The smallest absolute Gasteiger partial charge is 0.285 e. The summed E-state index contributed by atoms with van der Waals surface area (Å²) in [6.45, 7) is 3.73. The van der Waals surface area contributed by atoms with Crippen molar-refractivity contribution in [3.63, 3.8) is 0 Å². The molecule has 5 rings (SSSR count). The van der Waals surface area contributed by atoms with Crippen LogP contribution in [0.4, 0.5) is 0 Å². The Balaban J connectivity index is 1.63. The first kappa shape index (κ1) is 18.7. The van der Waals surface area contributed by atoms with Crippen molar-refractivity contribution in [3.05, 3.63) is 58.0 Å². The van der Waals surface area contributed by atoms with E-state index in [2.05, 4.69) is 15.3 Å². The Kier molecular flexibility index (Phi) is 4.51. The molecule has 4 aromatic rings. The van der Waals surface area contributed by atoms with Crippen molar-refractivity contribution in [1.82, 2.24) is 24.8 Å². The molecule has 30 heavy (non-hydrogen) atoms. The number of aryl methyl sites for hydroxylation is 2. The van der Waals surface area contributed by atoms with E-state index in [4.69, 9.17) is 15.1 Å². The zero-order chi connectivity index (χ0) is 20.8. The van der Waals surface area contributed by atoms with Crippen molar-refractivity contribution < 1.29 is 4.42 Å². The normalized spacial score (nSPS) is 19.4. The highest BCUT2D eigenvalue weighted by molar-refractivity contribution is 5.80. The fourth-order valence-electron chi connectivity index (χ4n) is 4.44. The van der Waals surface area contributed by atoms with E-state index in [1.165, 1.54) is 4.52 Å². The number of aromatic amines is 1. The van der Waals surface area contributed by atoms with Crippen LogP contribution in [-0.2, 0) is 0 Å². The Hall–Kier alpha value is -3.26. The van der Waals surface area contributed by atoms with Gasteiger partial charge in [0, 0.05) is 17.3 Å². The van der Waals surface area contributed by atoms with Crippen molar-refractivity contribution in [2.45, 2.75) is 51.5 Å². The molecule has 1 aliphatic rings. The molecule has 8 heteroatoms. The predicted molar refractivity (Wildman–Crippen MR) is 113 cm³/mol. The van der Waals surface area contributed by atoms with Gasteiger partial charge in [-0.15, -0.1) is 10.2 Å². The molecule has 3 heterocycles. The van der Waals surface area contributed by atoms with Crippen LogP contribution in [0.5, 0.6) is 0 Å². The lowest BCUT2D eigenvalue weighted by Crippen LogP contribution is -2.31. The minimum absolute atomic E-state index is 0.00864. The fourth-order valence-corrected chi connectivity index (χ4v) is 4.44. The SMILES string of the molecule is Cc1nc2c(-c3ccccc3)c(C)[nH]n2c(=O)c1-c1nnc(C2CCCCC2N)o1. The highest BCUT2D eigenvalue weighted by Crippen LogP contribution is 2.33. The molecule has 0 amide bonds. The Labute approximate surface area is 173 Å². The topological polar surface area (TPSA) is 115 Å². The Morgan fingerprint density at radius 3 is 2.63 bits per heavy atom. The summed E-state index contributed by atoms with van der Waals surface area (Å²) in [6, 6.07) is 9.91. The maximum absolute atomic E-state index is 13.3. The summed E-state index contributed by atoms with van der Waals surface area (Å²) >= 11 is 0. The second kappa shape index (κ2) is 7.21. The summed E-state index contributed by atoms with van der Waals surface area (Å²) in [5.41, 5.74) is 10.2. The molecule has 3 N–H and O–H groups in total. The van der Waals surface area contributed by atoms with Gasteiger partial charge in [0.2, 0.25) is 5.89 Å². The molecule has 1 aliphatic carbocycles. The van der Waals surface area contributed by atoms with Gasteiger partial charge in [-0.25, -0.2) is 9.50 Å². The molecule has 2 atom stereocenters. The standard InChI is InChI=1S/C22H24N6O2/c1-12-18(21-26-25-20(30-21)15-10-6-7-11-16(15)23)22(29)28-19(24-12)17(13(2)27-28)14-8-4-3-5-9-14/h3-5,8-9,15-16,27H,6-7,10-11,23H2,1-2H3. The van der Waals surface area contributed by atoms with Crippen molar-refractivity contribution in [2.75, 3.05) is 0 Å². The van der Waals surface area contributed by atoms with Crippen LogP contribution in [0.1, 0.15) is 48.9 Å². The summed E-state index contributed by atoms with van der Waals surface area (Å²) in [6.07, 6.45) is 4.08. The van der Waals surface area contributed by atoms with Gasteiger partial charge in [0.05, 0.1) is 11.6 Å². The largest absolute Gasteiger partial charge is 0.420 e. The maximum atomic E-state index is 13.3. The van der Waals surface area contributed by atoms with Gasteiger partial charge in [0.15, 0.2) is 5.65 Å². The highest BCUT2D eigenvalue weighted by atomic mass is 16.4.